The highest BCUT2D eigenvalue weighted by Gasteiger charge is 2.34. The van der Waals surface area contributed by atoms with Crippen LogP contribution in [0.1, 0.15) is 32.8 Å². The summed E-state index contributed by atoms with van der Waals surface area (Å²) in [6.07, 6.45) is 5.67. The van der Waals surface area contributed by atoms with Crippen molar-refractivity contribution < 1.29 is 18.3 Å². The van der Waals surface area contributed by atoms with Crippen molar-refractivity contribution in [2.75, 3.05) is 25.6 Å². The summed E-state index contributed by atoms with van der Waals surface area (Å²) < 4.78 is 32.5. The van der Waals surface area contributed by atoms with Crippen LogP contribution in [-0.4, -0.2) is 52.9 Å². The summed E-state index contributed by atoms with van der Waals surface area (Å²) in [6.45, 7) is 7.64. The average Bonchev–Trinajstić information content (AvgIpc) is 3.10. The Kier molecular flexibility index (Phi) is 6.05. The van der Waals surface area contributed by atoms with Crippen LogP contribution in [0.4, 0.5) is 5.82 Å². The summed E-state index contributed by atoms with van der Waals surface area (Å²) in [7, 11) is -2.19. The number of nitrogens with zero attached hydrogens (tertiary/aromatic N) is 3. The molecule has 0 atom stereocenters. The van der Waals surface area contributed by atoms with Crippen molar-refractivity contribution in [2.24, 2.45) is 0 Å². The van der Waals surface area contributed by atoms with Crippen molar-refractivity contribution in [2.45, 2.75) is 43.8 Å². The molecule has 0 saturated heterocycles. The Morgan fingerprint density at radius 1 is 1.20 bits per heavy atom. The predicted molar refractivity (Wildman–Crippen MR) is 117 cm³/mol. The molecule has 30 heavy (non-hydrogen) atoms. The Morgan fingerprint density at radius 3 is 2.57 bits per heavy atom. The summed E-state index contributed by atoms with van der Waals surface area (Å²) >= 11 is 0. The molecule has 8 nitrogen and oxygen atoms in total. The summed E-state index contributed by atoms with van der Waals surface area (Å²) in [5.41, 5.74) is 3.15. The molecule has 0 aliphatic rings. The van der Waals surface area contributed by atoms with Crippen molar-refractivity contribution in [1.29, 1.82) is 0 Å². The number of imidazole rings is 1. The molecular formula is C21H28N4O4S. The van der Waals surface area contributed by atoms with E-state index in [2.05, 4.69) is 15.3 Å². The van der Waals surface area contributed by atoms with Crippen LogP contribution in [0.5, 0.6) is 5.75 Å². The summed E-state index contributed by atoms with van der Waals surface area (Å²) in [6, 6.07) is 3.54. The lowest BCUT2D eigenvalue weighted by molar-refractivity contribution is 0.292. The number of hydrogen-bond acceptors (Lipinski definition) is 7. The van der Waals surface area contributed by atoms with Gasteiger partial charge in [-0.25, -0.2) is 18.4 Å². The van der Waals surface area contributed by atoms with Gasteiger partial charge in [-0.3, -0.25) is 4.40 Å². The first kappa shape index (κ1) is 22.0. The summed E-state index contributed by atoms with van der Waals surface area (Å²) in [5, 5.41) is 12.2. The van der Waals surface area contributed by atoms with Crippen LogP contribution in [0.25, 0.3) is 16.9 Å². The van der Waals surface area contributed by atoms with Gasteiger partial charge in [0.15, 0.2) is 9.84 Å². The van der Waals surface area contributed by atoms with Gasteiger partial charge in [-0.1, -0.05) is 0 Å². The second-order valence-electron chi connectivity index (χ2n) is 8.08. The number of fused-ring (bicyclic) bond motifs is 1. The monoisotopic (exact) mass is 432 g/mol. The molecule has 9 heteroatoms. The van der Waals surface area contributed by atoms with Crippen molar-refractivity contribution in [3.63, 3.8) is 0 Å². The molecule has 2 N–H and O–H groups in total. The Labute approximate surface area is 176 Å². The number of rotatable bonds is 7. The molecule has 0 amide bonds. The van der Waals surface area contributed by atoms with Gasteiger partial charge >= 0.3 is 0 Å². The fourth-order valence-corrected chi connectivity index (χ4v) is 4.38. The largest absolute Gasteiger partial charge is 0.495 e. The second-order valence-corrected chi connectivity index (χ2v) is 10.8. The van der Waals surface area contributed by atoms with E-state index in [0.29, 0.717) is 24.4 Å². The lowest BCUT2D eigenvalue weighted by Crippen LogP contribution is -2.28. The van der Waals surface area contributed by atoms with E-state index in [0.717, 1.165) is 16.8 Å². The predicted octanol–water partition coefficient (Wildman–Crippen LogP) is 3.08. The number of aryl methyl sites for hydroxylation is 1. The third-order valence-corrected chi connectivity index (χ3v) is 7.41. The number of aliphatic hydroxyl groups is 1. The van der Waals surface area contributed by atoms with E-state index in [1.807, 2.05) is 13.0 Å². The highest BCUT2D eigenvalue weighted by molar-refractivity contribution is 7.92. The van der Waals surface area contributed by atoms with Gasteiger partial charge in [0.1, 0.15) is 22.1 Å². The lowest BCUT2D eigenvalue weighted by atomic mass is 10.1. The van der Waals surface area contributed by atoms with Crippen LogP contribution in [0.15, 0.2) is 35.6 Å². The summed E-state index contributed by atoms with van der Waals surface area (Å²) in [4.78, 5) is 8.95. The van der Waals surface area contributed by atoms with Crippen LogP contribution in [0.3, 0.4) is 0 Å². The molecule has 0 bridgehead atoms. The second kappa shape index (κ2) is 8.23. The first-order valence-corrected chi connectivity index (χ1v) is 11.2. The smallest absolute Gasteiger partial charge is 0.188 e. The molecule has 0 aliphatic heterocycles. The van der Waals surface area contributed by atoms with Crippen LogP contribution < -0.4 is 10.1 Å². The highest BCUT2D eigenvalue weighted by Crippen LogP contribution is 2.35. The number of sulfone groups is 1. The van der Waals surface area contributed by atoms with Gasteiger partial charge in [0.25, 0.3) is 0 Å². The van der Waals surface area contributed by atoms with Crippen LogP contribution >= 0.6 is 0 Å². The molecule has 3 aromatic rings. The third kappa shape index (κ3) is 3.99. The number of aromatic nitrogens is 3. The summed E-state index contributed by atoms with van der Waals surface area (Å²) in [5.74, 6) is 0.947. The van der Waals surface area contributed by atoms with Gasteiger partial charge in [-0.05, 0) is 45.7 Å². The van der Waals surface area contributed by atoms with E-state index >= 15 is 0 Å². The minimum absolute atomic E-state index is 0.103. The van der Waals surface area contributed by atoms with Gasteiger partial charge in [0.2, 0.25) is 0 Å². The molecule has 162 valence electrons. The maximum absolute atomic E-state index is 13.2. The number of pyridine rings is 2. The maximum Gasteiger partial charge on any atom is 0.188 e. The zero-order valence-electron chi connectivity index (χ0n) is 17.9. The Hall–Kier alpha value is -2.65. The first-order chi connectivity index (χ1) is 14.1. The molecule has 3 rings (SSSR count). The van der Waals surface area contributed by atoms with Crippen molar-refractivity contribution in [3.8, 4) is 17.0 Å². The molecule has 0 spiro atoms. The number of aliphatic hydroxyl groups excluding tert-OH is 1. The van der Waals surface area contributed by atoms with Gasteiger partial charge in [-0.2, -0.15) is 0 Å². The Balaban J connectivity index is 2.18. The molecule has 0 unspecified atom stereocenters. The number of anilines is 1. The standard InChI is InChI=1S/C21H28N4O4S/c1-14-11-23-19(22-7-6-8-26)9-15(14)16-12-24-20-10-17(29-5)18(13-25(16)20)30(27,28)21(2,3)4/h9-13,26H,6-8H2,1-5H3,(H,22,23). The zero-order valence-corrected chi connectivity index (χ0v) is 18.7. The number of ether oxygens (including phenoxy) is 1. The van der Waals surface area contributed by atoms with E-state index in [9.17, 15) is 8.42 Å². The van der Waals surface area contributed by atoms with Crippen LogP contribution in [0, 0.1) is 6.92 Å². The fourth-order valence-electron chi connectivity index (χ4n) is 3.07. The van der Waals surface area contributed by atoms with Gasteiger partial charge in [-0.15, -0.1) is 0 Å². The van der Waals surface area contributed by atoms with Crippen LogP contribution in [-0.2, 0) is 9.84 Å². The number of nitrogens with one attached hydrogen (secondary N) is 1. The normalized spacial score (nSPS) is 12.3. The van der Waals surface area contributed by atoms with E-state index in [-0.39, 0.29) is 17.3 Å². The molecule has 3 heterocycles. The number of hydrogen-bond donors (Lipinski definition) is 2. The minimum atomic E-state index is -3.64. The van der Waals surface area contributed by atoms with Crippen molar-refractivity contribution in [1.82, 2.24) is 14.4 Å². The van der Waals surface area contributed by atoms with E-state index < -0.39 is 14.6 Å². The Bertz CT molecular complexity index is 1160. The number of methoxy groups -OCH3 is 1. The molecule has 0 aliphatic carbocycles. The van der Waals surface area contributed by atoms with Gasteiger partial charge < -0.3 is 15.2 Å². The Morgan fingerprint density at radius 2 is 1.93 bits per heavy atom. The van der Waals surface area contributed by atoms with Gasteiger partial charge in [0.05, 0.1) is 23.7 Å². The topological polar surface area (TPSA) is 106 Å². The molecule has 3 aromatic heterocycles. The highest BCUT2D eigenvalue weighted by atomic mass is 32.2. The van der Waals surface area contributed by atoms with Crippen molar-refractivity contribution >= 4 is 21.3 Å². The fraction of sp³-hybridized carbons (Fsp3) is 0.429. The average molecular weight is 433 g/mol. The molecule has 0 saturated carbocycles. The molecular weight excluding hydrogens is 404 g/mol. The zero-order chi connectivity index (χ0) is 22.1. The molecule has 0 radical (unpaired) electrons. The third-order valence-electron chi connectivity index (χ3n) is 4.91. The lowest BCUT2D eigenvalue weighted by Gasteiger charge is -2.21. The van der Waals surface area contributed by atoms with E-state index in [4.69, 9.17) is 9.84 Å². The maximum atomic E-state index is 13.2. The quantitative estimate of drug-likeness (QED) is 0.553. The van der Waals surface area contributed by atoms with E-state index in [1.54, 1.807) is 49.8 Å². The SMILES string of the molecule is COc1cc2ncc(-c3cc(NCCCO)ncc3C)n2cc1S(=O)(=O)C(C)(C)C. The molecule has 0 aromatic carbocycles. The van der Waals surface area contributed by atoms with Crippen molar-refractivity contribution in [3.05, 3.63) is 36.3 Å². The first-order valence-electron chi connectivity index (χ1n) is 9.71. The van der Waals surface area contributed by atoms with Gasteiger partial charge in [0, 0.05) is 37.2 Å². The molecule has 0 fully saturated rings. The van der Waals surface area contributed by atoms with Crippen LogP contribution in [0.2, 0.25) is 0 Å². The minimum Gasteiger partial charge on any atom is -0.495 e. The van der Waals surface area contributed by atoms with E-state index in [1.165, 1.54) is 7.11 Å².